The number of aromatic nitrogens is 2. The molecule has 2 N–H and O–H groups in total. The first kappa shape index (κ1) is 8.07. The van der Waals surface area contributed by atoms with Gasteiger partial charge in [-0.3, -0.25) is 4.79 Å². The number of fused-ring (bicyclic) bond motifs is 1. The van der Waals surface area contributed by atoms with Crippen molar-refractivity contribution in [3.63, 3.8) is 0 Å². The van der Waals surface area contributed by atoms with Crippen LogP contribution in [-0.4, -0.2) is 15.3 Å². The van der Waals surface area contributed by atoms with Crippen molar-refractivity contribution in [1.29, 1.82) is 0 Å². The fourth-order valence-electron chi connectivity index (χ4n) is 1.19. The Hall–Kier alpha value is -1.55. The fraction of sp³-hybridized carbons (Fsp3) is 0. The Morgan fingerprint density at radius 3 is 3.00 bits per heavy atom. The number of pyridine rings is 1. The van der Waals surface area contributed by atoms with Gasteiger partial charge in [-0.05, 0) is 6.07 Å². The number of hydrogen-bond acceptors (Lipinski definition) is 2. The third-order valence-electron chi connectivity index (χ3n) is 1.76. The maximum atomic E-state index is 11.0. The van der Waals surface area contributed by atoms with Crippen molar-refractivity contribution in [1.82, 2.24) is 9.38 Å². The average Bonchev–Trinajstić information content (AvgIpc) is 2.50. The summed E-state index contributed by atoms with van der Waals surface area (Å²) in [6, 6.07) is 1.61. The molecule has 2 aromatic heterocycles. The molecule has 2 heterocycles. The lowest BCUT2D eigenvalue weighted by molar-refractivity contribution is 0.100. The highest BCUT2D eigenvalue weighted by atomic mass is 35.5. The third-order valence-corrected chi connectivity index (χ3v) is 2.07. The molecule has 2 rings (SSSR count). The summed E-state index contributed by atoms with van der Waals surface area (Å²) in [5.41, 5.74) is 5.91. The van der Waals surface area contributed by atoms with Crippen molar-refractivity contribution in [2.24, 2.45) is 5.73 Å². The minimum Gasteiger partial charge on any atom is -0.365 e. The van der Waals surface area contributed by atoms with E-state index < -0.39 is 5.91 Å². The van der Waals surface area contributed by atoms with Crippen molar-refractivity contribution >= 4 is 23.2 Å². The second kappa shape index (κ2) is 2.74. The predicted octanol–water partition coefficient (Wildman–Crippen LogP) is 1.09. The lowest BCUT2D eigenvalue weighted by Crippen LogP contribution is -2.13. The highest BCUT2D eigenvalue weighted by Crippen LogP contribution is 2.18. The number of nitrogens with two attached hydrogens (primary N) is 1. The van der Waals surface area contributed by atoms with E-state index >= 15 is 0 Å². The Morgan fingerprint density at radius 2 is 2.31 bits per heavy atom. The van der Waals surface area contributed by atoms with E-state index in [1.54, 1.807) is 29.1 Å². The zero-order valence-corrected chi connectivity index (χ0v) is 7.32. The van der Waals surface area contributed by atoms with Gasteiger partial charge in [-0.15, -0.1) is 0 Å². The summed E-state index contributed by atoms with van der Waals surface area (Å²) in [5, 5.41) is 0.325. The van der Waals surface area contributed by atoms with E-state index in [0.717, 1.165) is 0 Å². The number of carbonyl (C=O) groups excluding carboxylic acids is 1. The number of amides is 1. The molecule has 0 radical (unpaired) electrons. The third kappa shape index (κ3) is 1.15. The van der Waals surface area contributed by atoms with Crippen LogP contribution in [0.2, 0.25) is 5.02 Å². The molecule has 0 bridgehead atoms. The molecule has 0 spiro atoms. The normalized spacial score (nSPS) is 10.5. The number of hydrogen-bond donors (Lipinski definition) is 1. The number of nitrogens with zero attached hydrogens (tertiary/aromatic N) is 2. The topological polar surface area (TPSA) is 60.4 Å². The maximum Gasteiger partial charge on any atom is 0.254 e. The number of carbonyl (C=O) groups is 1. The predicted molar refractivity (Wildman–Crippen MR) is 48.7 cm³/mol. The van der Waals surface area contributed by atoms with Crippen LogP contribution in [0.15, 0.2) is 24.7 Å². The molecule has 0 aliphatic rings. The molecule has 1 amide bonds. The minimum atomic E-state index is -0.568. The molecule has 4 nitrogen and oxygen atoms in total. The Morgan fingerprint density at radius 1 is 1.54 bits per heavy atom. The van der Waals surface area contributed by atoms with Gasteiger partial charge in [-0.25, -0.2) is 4.98 Å². The van der Waals surface area contributed by atoms with Crippen LogP contribution in [0.25, 0.3) is 5.65 Å². The van der Waals surface area contributed by atoms with Gasteiger partial charge in [-0.2, -0.15) is 0 Å². The van der Waals surface area contributed by atoms with Crippen LogP contribution in [0.4, 0.5) is 0 Å². The summed E-state index contributed by atoms with van der Waals surface area (Å²) in [4.78, 5) is 15.0. The van der Waals surface area contributed by atoms with Crippen molar-refractivity contribution in [3.8, 4) is 0 Å². The van der Waals surface area contributed by atoms with Gasteiger partial charge in [0.1, 0.15) is 5.56 Å². The van der Waals surface area contributed by atoms with Crippen molar-refractivity contribution < 1.29 is 4.79 Å². The summed E-state index contributed by atoms with van der Waals surface area (Å²) < 4.78 is 1.69. The number of halogens is 1. The molecular formula is C8H6ClN3O. The van der Waals surface area contributed by atoms with Crippen LogP contribution in [0.3, 0.4) is 0 Å². The molecule has 13 heavy (non-hydrogen) atoms. The summed E-state index contributed by atoms with van der Waals surface area (Å²) in [5.74, 6) is -0.568. The molecule has 0 atom stereocenters. The standard InChI is InChI=1S/C8H6ClN3O/c9-5-1-3-12-4-2-11-8(12)6(5)7(10)13/h1-4H,(H2,10,13). The largest absolute Gasteiger partial charge is 0.365 e. The van der Waals surface area contributed by atoms with Gasteiger partial charge >= 0.3 is 0 Å². The molecule has 0 aliphatic heterocycles. The monoisotopic (exact) mass is 195 g/mol. The van der Waals surface area contributed by atoms with E-state index in [4.69, 9.17) is 17.3 Å². The summed E-state index contributed by atoms with van der Waals surface area (Å²) in [6.45, 7) is 0. The molecule has 2 aromatic rings. The van der Waals surface area contributed by atoms with E-state index in [1.165, 1.54) is 0 Å². The molecule has 5 heteroatoms. The highest BCUT2D eigenvalue weighted by molar-refractivity contribution is 6.34. The first-order valence-electron chi connectivity index (χ1n) is 3.61. The number of imidazole rings is 1. The number of primary amides is 1. The fourth-order valence-corrected chi connectivity index (χ4v) is 1.42. The van der Waals surface area contributed by atoms with E-state index in [9.17, 15) is 4.79 Å². The molecule has 0 aromatic carbocycles. The van der Waals surface area contributed by atoms with Gasteiger partial charge in [0.15, 0.2) is 5.65 Å². The number of rotatable bonds is 1. The Bertz CT molecular complexity index is 477. The molecule has 0 saturated heterocycles. The van der Waals surface area contributed by atoms with Crippen molar-refractivity contribution in [2.75, 3.05) is 0 Å². The zero-order valence-electron chi connectivity index (χ0n) is 6.57. The van der Waals surface area contributed by atoms with Gasteiger partial charge in [0.05, 0.1) is 5.02 Å². The van der Waals surface area contributed by atoms with Crippen molar-refractivity contribution in [2.45, 2.75) is 0 Å². The lowest BCUT2D eigenvalue weighted by Gasteiger charge is -2.01. The second-order valence-corrected chi connectivity index (χ2v) is 2.97. The molecule has 0 unspecified atom stereocenters. The first-order valence-corrected chi connectivity index (χ1v) is 3.99. The Kier molecular flexibility index (Phi) is 1.70. The molecule has 66 valence electrons. The lowest BCUT2D eigenvalue weighted by atomic mass is 10.2. The van der Waals surface area contributed by atoms with Gasteiger partial charge in [-0.1, -0.05) is 11.6 Å². The summed E-state index contributed by atoms with van der Waals surface area (Å²) in [7, 11) is 0. The molecule has 0 saturated carbocycles. The van der Waals surface area contributed by atoms with Gasteiger partial charge in [0.25, 0.3) is 5.91 Å². The summed E-state index contributed by atoms with van der Waals surface area (Å²) >= 11 is 5.80. The van der Waals surface area contributed by atoms with Gasteiger partial charge in [0.2, 0.25) is 0 Å². The molecule has 0 fully saturated rings. The van der Waals surface area contributed by atoms with E-state index in [-0.39, 0.29) is 5.56 Å². The SMILES string of the molecule is NC(=O)c1c(Cl)ccn2ccnc12. The van der Waals surface area contributed by atoms with Crippen LogP contribution in [0.1, 0.15) is 10.4 Å². The van der Waals surface area contributed by atoms with Crippen LogP contribution < -0.4 is 5.73 Å². The first-order chi connectivity index (χ1) is 6.20. The zero-order chi connectivity index (χ0) is 9.42. The highest BCUT2D eigenvalue weighted by Gasteiger charge is 2.12. The Labute approximate surface area is 78.9 Å². The Balaban J connectivity index is 2.88. The maximum absolute atomic E-state index is 11.0. The molecular weight excluding hydrogens is 190 g/mol. The minimum absolute atomic E-state index is 0.258. The van der Waals surface area contributed by atoms with E-state index in [2.05, 4.69) is 4.98 Å². The van der Waals surface area contributed by atoms with Crippen molar-refractivity contribution in [3.05, 3.63) is 35.2 Å². The quantitative estimate of drug-likeness (QED) is 0.741. The smallest absolute Gasteiger partial charge is 0.254 e. The van der Waals surface area contributed by atoms with Crippen LogP contribution in [-0.2, 0) is 0 Å². The molecule has 0 aliphatic carbocycles. The van der Waals surface area contributed by atoms with E-state index in [0.29, 0.717) is 10.7 Å². The second-order valence-electron chi connectivity index (χ2n) is 2.56. The van der Waals surface area contributed by atoms with Crippen LogP contribution >= 0.6 is 11.6 Å². The van der Waals surface area contributed by atoms with Crippen LogP contribution in [0.5, 0.6) is 0 Å². The average molecular weight is 196 g/mol. The van der Waals surface area contributed by atoms with Gasteiger partial charge in [0, 0.05) is 18.6 Å². The van der Waals surface area contributed by atoms with E-state index in [1.807, 2.05) is 0 Å². The van der Waals surface area contributed by atoms with Gasteiger partial charge < -0.3 is 10.1 Å². The summed E-state index contributed by atoms with van der Waals surface area (Å²) in [6.07, 6.45) is 5.02. The van der Waals surface area contributed by atoms with Crippen LogP contribution in [0, 0.1) is 0 Å².